The zero-order chi connectivity index (χ0) is 16.1. The van der Waals surface area contributed by atoms with Crippen LogP contribution >= 0.6 is 0 Å². The van der Waals surface area contributed by atoms with E-state index >= 15 is 0 Å². The molecule has 0 radical (unpaired) electrons. The van der Waals surface area contributed by atoms with Crippen LogP contribution in [0.4, 0.5) is 0 Å². The van der Waals surface area contributed by atoms with E-state index in [1.54, 1.807) is 60.7 Å². The van der Waals surface area contributed by atoms with Gasteiger partial charge >= 0.3 is 11.9 Å². The van der Waals surface area contributed by atoms with Crippen LogP contribution in [0.25, 0.3) is 0 Å². The molecule has 0 amide bonds. The third-order valence-electron chi connectivity index (χ3n) is 3.54. The maximum atomic E-state index is 12.0. The minimum Gasteiger partial charge on any atom is -0.454 e. The summed E-state index contributed by atoms with van der Waals surface area (Å²) < 4.78 is 10.8. The molecule has 3 rings (SSSR count). The molecule has 116 valence electrons. The maximum absolute atomic E-state index is 12.0. The molecule has 0 aromatic heterocycles. The summed E-state index contributed by atoms with van der Waals surface area (Å²) in [7, 11) is 0. The molecule has 0 fully saturated rings. The summed E-state index contributed by atoms with van der Waals surface area (Å²) >= 11 is 0. The van der Waals surface area contributed by atoms with Crippen molar-refractivity contribution in [3.63, 3.8) is 0 Å². The molecule has 2 unspecified atom stereocenters. The highest BCUT2D eigenvalue weighted by Gasteiger charge is 2.25. The lowest BCUT2D eigenvalue weighted by molar-refractivity contribution is 0.0234. The average Bonchev–Trinajstić information content (AvgIpc) is 3.03. The molecule has 2 atom stereocenters. The highest BCUT2D eigenvalue weighted by Crippen LogP contribution is 2.20. The van der Waals surface area contributed by atoms with Crippen LogP contribution in [0.1, 0.15) is 27.1 Å². The molecule has 0 heterocycles. The van der Waals surface area contributed by atoms with Crippen LogP contribution in [0.2, 0.25) is 0 Å². The summed E-state index contributed by atoms with van der Waals surface area (Å²) in [6, 6.07) is 17.6. The van der Waals surface area contributed by atoms with Gasteiger partial charge < -0.3 is 9.47 Å². The molecule has 1 aliphatic rings. The van der Waals surface area contributed by atoms with E-state index in [1.165, 1.54) is 0 Å². The second kappa shape index (κ2) is 6.92. The Morgan fingerprint density at radius 1 is 0.696 bits per heavy atom. The Morgan fingerprint density at radius 3 is 1.48 bits per heavy atom. The Balaban J connectivity index is 1.52. The SMILES string of the molecule is O=C(OC1C=CC(OC(=O)c2ccccc2)C1)c1ccccc1. The Bertz CT molecular complexity index is 645. The Morgan fingerprint density at radius 2 is 1.09 bits per heavy atom. The van der Waals surface area contributed by atoms with Gasteiger partial charge in [-0.3, -0.25) is 0 Å². The van der Waals surface area contributed by atoms with Crippen molar-refractivity contribution in [1.82, 2.24) is 0 Å². The number of ether oxygens (including phenoxy) is 2. The van der Waals surface area contributed by atoms with Crippen molar-refractivity contribution >= 4 is 11.9 Å². The van der Waals surface area contributed by atoms with Crippen molar-refractivity contribution in [2.24, 2.45) is 0 Å². The Labute approximate surface area is 134 Å². The van der Waals surface area contributed by atoms with Gasteiger partial charge in [0.1, 0.15) is 12.2 Å². The Hall–Kier alpha value is -2.88. The lowest BCUT2D eigenvalue weighted by Crippen LogP contribution is -2.20. The first kappa shape index (κ1) is 15.0. The van der Waals surface area contributed by atoms with Gasteiger partial charge in [0.2, 0.25) is 0 Å². The summed E-state index contributed by atoms with van der Waals surface area (Å²) in [4.78, 5) is 24.0. The van der Waals surface area contributed by atoms with Gasteiger partial charge in [-0.05, 0) is 36.4 Å². The average molecular weight is 308 g/mol. The smallest absolute Gasteiger partial charge is 0.338 e. The van der Waals surface area contributed by atoms with Gasteiger partial charge in [0.25, 0.3) is 0 Å². The molecule has 2 aromatic carbocycles. The molecule has 1 aliphatic carbocycles. The van der Waals surface area contributed by atoms with E-state index < -0.39 is 0 Å². The van der Waals surface area contributed by atoms with Crippen molar-refractivity contribution in [2.75, 3.05) is 0 Å². The monoisotopic (exact) mass is 308 g/mol. The lowest BCUT2D eigenvalue weighted by Gasteiger charge is -2.14. The molecule has 0 aliphatic heterocycles. The van der Waals surface area contributed by atoms with Crippen LogP contribution in [0.15, 0.2) is 72.8 Å². The van der Waals surface area contributed by atoms with Crippen LogP contribution in [0.3, 0.4) is 0 Å². The fourth-order valence-electron chi connectivity index (χ4n) is 2.37. The van der Waals surface area contributed by atoms with Crippen LogP contribution in [-0.2, 0) is 9.47 Å². The molecule has 0 N–H and O–H groups in total. The number of hydrogen-bond acceptors (Lipinski definition) is 4. The predicted molar refractivity (Wildman–Crippen MR) is 85.0 cm³/mol. The summed E-state index contributed by atoms with van der Waals surface area (Å²) in [6.45, 7) is 0. The first-order valence-corrected chi connectivity index (χ1v) is 7.43. The predicted octanol–water partition coefficient (Wildman–Crippen LogP) is 3.40. The normalized spacial score (nSPS) is 19.3. The number of benzene rings is 2. The van der Waals surface area contributed by atoms with Crippen molar-refractivity contribution in [3.05, 3.63) is 83.9 Å². The number of esters is 2. The van der Waals surface area contributed by atoms with E-state index in [9.17, 15) is 9.59 Å². The zero-order valence-corrected chi connectivity index (χ0v) is 12.4. The van der Waals surface area contributed by atoms with Crippen LogP contribution in [0.5, 0.6) is 0 Å². The van der Waals surface area contributed by atoms with Crippen molar-refractivity contribution in [2.45, 2.75) is 18.6 Å². The molecular weight excluding hydrogens is 292 g/mol. The maximum Gasteiger partial charge on any atom is 0.338 e. The fourth-order valence-corrected chi connectivity index (χ4v) is 2.37. The van der Waals surface area contributed by atoms with Crippen molar-refractivity contribution in [1.29, 1.82) is 0 Å². The third kappa shape index (κ3) is 3.86. The zero-order valence-electron chi connectivity index (χ0n) is 12.4. The van der Waals surface area contributed by atoms with E-state index in [4.69, 9.17) is 9.47 Å². The van der Waals surface area contributed by atoms with Gasteiger partial charge in [-0.2, -0.15) is 0 Å². The number of hydrogen-bond donors (Lipinski definition) is 0. The molecule has 4 heteroatoms. The molecular formula is C19H16O4. The van der Waals surface area contributed by atoms with E-state index in [2.05, 4.69) is 0 Å². The number of rotatable bonds is 4. The first-order valence-electron chi connectivity index (χ1n) is 7.43. The van der Waals surface area contributed by atoms with E-state index in [-0.39, 0.29) is 24.1 Å². The van der Waals surface area contributed by atoms with Gasteiger partial charge in [-0.15, -0.1) is 0 Å². The van der Waals surface area contributed by atoms with Gasteiger partial charge in [0, 0.05) is 6.42 Å². The second-order valence-corrected chi connectivity index (χ2v) is 5.24. The topological polar surface area (TPSA) is 52.6 Å². The summed E-state index contributed by atoms with van der Waals surface area (Å²) in [5.41, 5.74) is 1.01. The first-order chi connectivity index (χ1) is 11.2. The highest BCUT2D eigenvalue weighted by atomic mass is 16.6. The van der Waals surface area contributed by atoms with Gasteiger partial charge in [-0.1, -0.05) is 36.4 Å². The summed E-state index contributed by atoms with van der Waals surface area (Å²) in [6.07, 6.45) is 3.19. The van der Waals surface area contributed by atoms with E-state index in [0.29, 0.717) is 17.5 Å². The van der Waals surface area contributed by atoms with Gasteiger partial charge in [0.05, 0.1) is 11.1 Å². The molecule has 0 spiro atoms. The molecule has 0 saturated carbocycles. The van der Waals surface area contributed by atoms with Crippen LogP contribution < -0.4 is 0 Å². The van der Waals surface area contributed by atoms with Gasteiger partial charge in [0.15, 0.2) is 0 Å². The van der Waals surface area contributed by atoms with Crippen molar-refractivity contribution < 1.29 is 19.1 Å². The van der Waals surface area contributed by atoms with E-state index in [1.807, 2.05) is 12.1 Å². The van der Waals surface area contributed by atoms with Gasteiger partial charge in [-0.25, -0.2) is 9.59 Å². The lowest BCUT2D eigenvalue weighted by atomic mass is 10.2. The largest absolute Gasteiger partial charge is 0.454 e. The molecule has 0 bridgehead atoms. The molecule has 4 nitrogen and oxygen atoms in total. The van der Waals surface area contributed by atoms with E-state index in [0.717, 1.165) is 0 Å². The minimum atomic E-state index is -0.379. The standard InChI is InChI=1S/C19H16O4/c20-18(14-7-3-1-4-8-14)22-16-11-12-17(13-16)23-19(21)15-9-5-2-6-10-15/h1-12,16-17H,13H2. The quantitative estimate of drug-likeness (QED) is 0.641. The molecule has 0 saturated heterocycles. The van der Waals surface area contributed by atoms with Crippen LogP contribution in [-0.4, -0.2) is 24.1 Å². The molecule has 2 aromatic rings. The van der Waals surface area contributed by atoms with Crippen molar-refractivity contribution in [3.8, 4) is 0 Å². The summed E-state index contributed by atoms with van der Waals surface area (Å²) in [5.74, 6) is -0.759. The minimum absolute atomic E-state index is 0.378. The third-order valence-corrected chi connectivity index (χ3v) is 3.54. The molecule has 23 heavy (non-hydrogen) atoms. The number of carbonyl (C=O) groups is 2. The highest BCUT2D eigenvalue weighted by molar-refractivity contribution is 5.90. The number of carbonyl (C=O) groups excluding carboxylic acids is 2. The fraction of sp³-hybridized carbons (Fsp3) is 0.158. The summed E-state index contributed by atoms with van der Waals surface area (Å²) in [5, 5.41) is 0. The second-order valence-electron chi connectivity index (χ2n) is 5.24. The Kier molecular flexibility index (Phi) is 4.52. The van der Waals surface area contributed by atoms with Crippen LogP contribution in [0, 0.1) is 0 Å².